The van der Waals surface area contributed by atoms with Crippen LogP contribution in [0, 0.1) is 5.82 Å². The summed E-state index contributed by atoms with van der Waals surface area (Å²) in [5, 5.41) is 15.3. The van der Waals surface area contributed by atoms with Crippen LogP contribution in [0.3, 0.4) is 0 Å². The Morgan fingerprint density at radius 3 is 2.44 bits per heavy atom. The average molecular weight is 440 g/mol. The summed E-state index contributed by atoms with van der Waals surface area (Å²) >= 11 is 0. The summed E-state index contributed by atoms with van der Waals surface area (Å²) in [6.45, 7) is 6.35. The fourth-order valence-corrected chi connectivity index (χ4v) is 3.87. The molecule has 0 bridgehead atoms. The van der Waals surface area contributed by atoms with E-state index in [2.05, 4.69) is 18.7 Å². The first-order valence-electron chi connectivity index (χ1n) is 11.5. The second kappa shape index (κ2) is 11.8. The number of aliphatic hydroxyl groups excluding tert-OH is 1. The SMILES string of the molecule is CCCCC(O)CN(CCC)Cc1c(-c2ccccc2)nn(C)c1Oc1ccc(F)cc1. The van der Waals surface area contributed by atoms with Crippen molar-refractivity contribution in [2.75, 3.05) is 13.1 Å². The van der Waals surface area contributed by atoms with Crippen LogP contribution < -0.4 is 4.74 Å². The summed E-state index contributed by atoms with van der Waals surface area (Å²) < 4.78 is 21.3. The minimum absolute atomic E-state index is 0.303. The van der Waals surface area contributed by atoms with Gasteiger partial charge in [-0.1, -0.05) is 57.0 Å². The molecular formula is C26H34FN3O2. The van der Waals surface area contributed by atoms with Crippen molar-refractivity contribution in [1.82, 2.24) is 14.7 Å². The van der Waals surface area contributed by atoms with E-state index in [0.29, 0.717) is 24.7 Å². The molecule has 1 atom stereocenters. The Balaban J connectivity index is 1.95. The number of ether oxygens (including phenoxy) is 1. The van der Waals surface area contributed by atoms with Gasteiger partial charge in [0.15, 0.2) is 0 Å². The highest BCUT2D eigenvalue weighted by atomic mass is 19.1. The fraction of sp³-hybridized carbons (Fsp3) is 0.423. The molecule has 5 nitrogen and oxygen atoms in total. The van der Waals surface area contributed by atoms with Gasteiger partial charge in [0.05, 0.1) is 11.7 Å². The van der Waals surface area contributed by atoms with Crippen molar-refractivity contribution in [3.63, 3.8) is 0 Å². The highest BCUT2D eigenvalue weighted by molar-refractivity contribution is 5.65. The van der Waals surface area contributed by atoms with Crippen molar-refractivity contribution >= 4 is 0 Å². The number of hydrogen-bond acceptors (Lipinski definition) is 4. The maximum atomic E-state index is 13.4. The molecule has 1 N–H and O–H groups in total. The van der Waals surface area contributed by atoms with Gasteiger partial charge in [0.25, 0.3) is 0 Å². The van der Waals surface area contributed by atoms with Crippen molar-refractivity contribution < 1.29 is 14.2 Å². The molecule has 0 amide bonds. The van der Waals surface area contributed by atoms with Crippen molar-refractivity contribution in [3.05, 3.63) is 66.0 Å². The number of hydrogen-bond donors (Lipinski definition) is 1. The number of aryl methyl sites for hydroxylation is 1. The Morgan fingerprint density at radius 1 is 1.06 bits per heavy atom. The quantitative estimate of drug-likeness (QED) is 0.389. The van der Waals surface area contributed by atoms with Gasteiger partial charge in [-0.05, 0) is 43.7 Å². The molecule has 0 aliphatic heterocycles. The van der Waals surface area contributed by atoms with E-state index in [-0.39, 0.29) is 11.9 Å². The molecule has 32 heavy (non-hydrogen) atoms. The van der Waals surface area contributed by atoms with E-state index in [9.17, 15) is 9.50 Å². The van der Waals surface area contributed by atoms with Crippen LogP contribution in [-0.4, -0.2) is 39.0 Å². The number of unbranched alkanes of at least 4 members (excludes halogenated alkanes) is 1. The Morgan fingerprint density at radius 2 is 1.78 bits per heavy atom. The average Bonchev–Trinajstić information content (AvgIpc) is 3.09. The molecule has 0 aliphatic rings. The molecule has 0 saturated heterocycles. The molecule has 2 aromatic carbocycles. The highest BCUT2D eigenvalue weighted by Crippen LogP contribution is 2.34. The number of nitrogens with zero attached hydrogens (tertiary/aromatic N) is 3. The molecule has 3 rings (SSSR count). The highest BCUT2D eigenvalue weighted by Gasteiger charge is 2.23. The van der Waals surface area contributed by atoms with Gasteiger partial charge in [0.2, 0.25) is 5.88 Å². The van der Waals surface area contributed by atoms with Gasteiger partial charge in [-0.25, -0.2) is 9.07 Å². The minimum Gasteiger partial charge on any atom is -0.439 e. The Kier molecular flexibility index (Phi) is 8.82. The van der Waals surface area contributed by atoms with Gasteiger partial charge in [-0.3, -0.25) is 4.90 Å². The first-order chi connectivity index (χ1) is 15.5. The first kappa shape index (κ1) is 24.0. The summed E-state index contributed by atoms with van der Waals surface area (Å²) in [5.74, 6) is 0.877. The van der Waals surface area contributed by atoms with Crippen LogP contribution in [0.25, 0.3) is 11.3 Å². The summed E-state index contributed by atoms with van der Waals surface area (Å²) in [7, 11) is 1.86. The normalized spacial score (nSPS) is 12.3. The molecule has 0 aliphatic carbocycles. The maximum Gasteiger partial charge on any atom is 0.222 e. The largest absolute Gasteiger partial charge is 0.439 e. The van der Waals surface area contributed by atoms with Crippen molar-refractivity contribution in [3.8, 4) is 22.9 Å². The molecule has 0 fully saturated rings. The maximum absolute atomic E-state index is 13.4. The first-order valence-corrected chi connectivity index (χ1v) is 11.5. The molecule has 1 unspecified atom stereocenters. The molecule has 1 aromatic heterocycles. The third-order valence-electron chi connectivity index (χ3n) is 5.44. The predicted octanol–water partition coefficient (Wildman–Crippen LogP) is 5.78. The number of halogens is 1. The minimum atomic E-state index is -0.361. The van der Waals surface area contributed by atoms with Crippen LogP contribution in [0.15, 0.2) is 54.6 Å². The Bertz CT molecular complexity index is 957. The van der Waals surface area contributed by atoms with E-state index < -0.39 is 0 Å². The summed E-state index contributed by atoms with van der Waals surface area (Å²) in [5.41, 5.74) is 2.82. The van der Waals surface area contributed by atoms with Crippen LogP contribution in [0.5, 0.6) is 11.6 Å². The van der Waals surface area contributed by atoms with Crippen molar-refractivity contribution in [2.45, 2.75) is 52.2 Å². The second-order valence-electron chi connectivity index (χ2n) is 8.21. The second-order valence-corrected chi connectivity index (χ2v) is 8.21. The van der Waals surface area contributed by atoms with Gasteiger partial charge in [0, 0.05) is 25.7 Å². The number of benzene rings is 2. The summed E-state index contributed by atoms with van der Waals surface area (Å²) in [4.78, 5) is 2.27. The van der Waals surface area contributed by atoms with Crippen LogP contribution in [0.2, 0.25) is 0 Å². The molecule has 0 radical (unpaired) electrons. The third-order valence-corrected chi connectivity index (χ3v) is 5.44. The van der Waals surface area contributed by atoms with Gasteiger partial charge in [-0.15, -0.1) is 0 Å². The zero-order valence-corrected chi connectivity index (χ0v) is 19.3. The van der Waals surface area contributed by atoms with Gasteiger partial charge in [0.1, 0.15) is 17.3 Å². The van der Waals surface area contributed by atoms with E-state index in [4.69, 9.17) is 9.84 Å². The summed E-state index contributed by atoms with van der Waals surface area (Å²) in [6.07, 6.45) is 3.51. The molecule has 3 aromatic rings. The lowest BCUT2D eigenvalue weighted by Gasteiger charge is -2.25. The molecule has 172 valence electrons. The lowest BCUT2D eigenvalue weighted by atomic mass is 10.1. The summed E-state index contributed by atoms with van der Waals surface area (Å²) in [6, 6.07) is 16.0. The van der Waals surface area contributed by atoms with E-state index in [1.54, 1.807) is 16.8 Å². The molecule has 0 spiro atoms. The standard InChI is InChI=1S/C26H34FN3O2/c1-4-6-12-22(31)18-30(17-5-2)19-24-25(20-10-8-7-9-11-20)28-29(3)26(24)32-23-15-13-21(27)14-16-23/h7-11,13-16,22,31H,4-6,12,17-19H2,1-3H3. The Hall–Kier alpha value is -2.70. The number of aromatic nitrogens is 2. The van der Waals surface area contributed by atoms with Gasteiger partial charge in [-0.2, -0.15) is 5.10 Å². The van der Waals surface area contributed by atoms with E-state index in [1.807, 2.05) is 37.4 Å². The topological polar surface area (TPSA) is 50.5 Å². The molecule has 1 heterocycles. The number of rotatable bonds is 12. The lowest BCUT2D eigenvalue weighted by molar-refractivity contribution is 0.0992. The van der Waals surface area contributed by atoms with Crippen LogP contribution >= 0.6 is 0 Å². The van der Waals surface area contributed by atoms with Crippen LogP contribution in [-0.2, 0) is 13.6 Å². The van der Waals surface area contributed by atoms with E-state index >= 15 is 0 Å². The fourth-order valence-electron chi connectivity index (χ4n) is 3.87. The zero-order valence-electron chi connectivity index (χ0n) is 19.3. The Labute approximate surface area is 190 Å². The van der Waals surface area contributed by atoms with Crippen LogP contribution in [0.4, 0.5) is 4.39 Å². The third kappa shape index (κ3) is 6.40. The smallest absolute Gasteiger partial charge is 0.222 e. The zero-order chi connectivity index (χ0) is 22.9. The van der Waals surface area contributed by atoms with Gasteiger partial charge >= 0.3 is 0 Å². The van der Waals surface area contributed by atoms with E-state index in [0.717, 1.165) is 49.0 Å². The van der Waals surface area contributed by atoms with Crippen molar-refractivity contribution in [1.29, 1.82) is 0 Å². The number of aliphatic hydroxyl groups is 1. The van der Waals surface area contributed by atoms with Gasteiger partial charge < -0.3 is 9.84 Å². The monoisotopic (exact) mass is 439 g/mol. The van der Waals surface area contributed by atoms with Crippen molar-refractivity contribution in [2.24, 2.45) is 7.05 Å². The molecule has 6 heteroatoms. The lowest BCUT2D eigenvalue weighted by Crippen LogP contribution is -2.33. The van der Waals surface area contributed by atoms with E-state index in [1.165, 1.54) is 12.1 Å². The molecular weight excluding hydrogens is 405 g/mol. The van der Waals surface area contributed by atoms with Crippen LogP contribution in [0.1, 0.15) is 45.1 Å². The molecule has 0 saturated carbocycles. The predicted molar refractivity (Wildman–Crippen MR) is 126 cm³/mol.